The fraction of sp³-hybridized carbons (Fsp3) is 0.353. The molecule has 4 aromatic carbocycles. The van der Waals surface area contributed by atoms with Crippen LogP contribution in [0.2, 0.25) is 5.02 Å². The number of methoxy groups -OCH3 is 2. The second-order valence-electron chi connectivity index (χ2n) is 17.9. The maximum atomic E-state index is 12.6. The highest BCUT2D eigenvalue weighted by atomic mass is 35.5. The molecule has 0 bridgehead atoms. The Kier molecular flexibility index (Phi) is 13.8. The molecule has 4 heterocycles. The van der Waals surface area contributed by atoms with Crippen LogP contribution in [0.15, 0.2) is 107 Å². The van der Waals surface area contributed by atoms with Gasteiger partial charge in [0.25, 0.3) is 0 Å². The Labute approximate surface area is 404 Å². The number of aliphatic hydroxyl groups excluding tert-OH is 2. The summed E-state index contributed by atoms with van der Waals surface area (Å²) in [5, 5.41) is 39.5. The number of rotatable bonds is 8. The van der Waals surface area contributed by atoms with Crippen LogP contribution in [0.5, 0.6) is 23.0 Å². The van der Waals surface area contributed by atoms with E-state index in [4.69, 9.17) is 26.1 Å². The Morgan fingerprint density at radius 2 is 1.80 bits per heavy atom. The van der Waals surface area contributed by atoms with Crippen molar-refractivity contribution in [1.29, 1.82) is 0 Å². The van der Waals surface area contributed by atoms with Gasteiger partial charge in [-0.25, -0.2) is 4.98 Å². The average molecular weight is 981 g/mol. The Morgan fingerprint density at radius 3 is 2.57 bits per heavy atom. The summed E-state index contributed by atoms with van der Waals surface area (Å²) in [6.45, 7) is 1.69. The van der Waals surface area contributed by atoms with Gasteiger partial charge in [-0.05, 0) is 116 Å². The van der Waals surface area contributed by atoms with Crippen LogP contribution in [0, 0.1) is 24.2 Å². The number of hydrogen-bond acceptors (Lipinski definition) is 12. The van der Waals surface area contributed by atoms with Crippen molar-refractivity contribution in [2.45, 2.75) is 88.1 Å². The van der Waals surface area contributed by atoms with Gasteiger partial charge in [-0.1, -0.05) is 54.9 Å². The number of phenolic OH excluding ortho intramolecular Hbond substituents is 1. The van der Waals surface area contributed by atoms with Crippen LogP contribution in [0.25, 0.3) is 16.7 Å². The number of aromatic hydroxyl groups is 1. The van der Waals surface area contributed by atoms with E-state index in [1.54, 1.807) is 12.1 Å². The number of nitrogens with zero attached hydrogens (tertiary/aromatic N) is 6. The molecule has 2 saturated carbocycles. The lowest BCUT2D eigenvalue weighted by molar-refractivity contribution is -0.0505. The zero-order valence-corrected chi connectivity index (χ0v) is 39.9. The lowest BCUT2D eigenvalue weighted by Crippen LogP contribution is -2.44. The van der Waals surface area contributed by atoms with E-state index in [1.807, 2.05) is 54.0 Å². The van der Waals surface area contributed by atoms with Crippen molar-refractivity contribution in [3.05, 3.63) is 142 Å². The molecule has 360 valence electrons. The lowest BCUT2D eigenvalue weighted by Gasteiger charge is -2.49. The molecule has 0 amide bonds. The summed E-state index contributed by atoms with van der Waals surface area (Å²) in [4.78, 5) is 16.0. The maximum Gasteiger partial charge on any atom is 0.387 e. The van der Waals surface area contributed by atoms with Gasteiger partial charge in [0.05, 0.1) is 71.1 Å². The predicted octanol–water partition coefficient (Wildman–Crippen LogP) is 9.04. The molecule has 11 rings (SSSR count). The predicted molar refractivity (Wildman–Crippen MR) is 257 cm³/mol. The fourth-order valence-electron chi connectivity index (χ4n) is 10.7. The number of aromatic amines is 1. The molecule has 4 aliphatic rings. The summed E-state index contributed by atoms with van der Waals surface area (Å²) in [6.07, 6.45) is 5.33. The highest BCUT2D eigenvalue weighted by Gasteiger charge is 2.57. The topological polar surface area (TPSA) is 190 Å². The van der Waals surface area contributed by atoms with Crippen LogP contribution in [0.4, 0.5) is 8.78 Å². The molecule has 14 nitrogen and oxygen atoms in total. The first kappa shape index (κ1) is 47.8. The van der Waals surface area contributed by atoms with Gasteiger partial charge >= 0.3 is 6.61 Å². The number of alkyl halides is 2. The zero-order chi connectivity index (χ0) is 48.6. The summed E-state index contributed by atoms with van der Waals surface area (Å²) in [7, 11) is 1.41. The molecular weight excluding hydrogens is 928 g/mol. The zero-order valence-electron chi connectivity index (χ0n) is 38.4. The van der Waals surface area contributed by atoms with Crippen molar-refractivity contribution in [1.82, 2.24) is 29.7 Å². The summed E-state index contributed by atoms with van der Waals surface area (Å²) >= 11 is 6.23. The first-order valence-corrected chi connectivity index (χ1v) is 24.3. The van der Waals surface area contributed by atoms with Gasteiger partial charge in [-0.3, -0.25) is 18.8 Å². The number of aryl methyl sites for hydroxylation is 2. The quantitative estimate of drug-likeness (QED) is 0.114. The van der Waals surface area contributed by atoms with Crippen LogP contribution >= 0.6 is 11.6 Å². The molecule has 18 heteroatoms. The van der Waals surface area contributed by atoms with E-state index in [2.05, 4.69) is 55.0 Å². The van der Waals surface area contributed by atoms with Gasteiger partial charge < -0.3 is 34.5 Å². The summed E-state index contributed by atoms with van der Waals surface area (Å²) in [5.41, 5.74) is 7.97. The van der Waals surface area contributed by atoms with E-state index in [-0.39, 0.29) is 22.1 Å². The van der Waals surface area contributed by atoms with Gasteiger partial charge in [0, 0.05) is 34.5 Å². The van der Waals surface area contributed by atoms with Crippen molar-refractivity contribution in [2.24, 2.45) is 22.2 Å². The first-order valence-electron chi connectivity index (χ1n) is 22.6. The van der Waals surface area contributed by atoms with Gasteiger partial charge in [0.15, 0.2) is 22.5 Å². The first-order chi connectivity index (χ1) is 33.3. The molecular formula is C51H52ClF2N7O7S. The third-order valence-corrected chi connectivity index (χ3v) is 15.4. The van der Waals surface area contributed by atoms with Crippen molar-refractivity contribution in [2.75, 3.05) is 14.2 Å². The minimum absolute atomic E-state index is 0.00962. The third-order valence-electron chi connectivity index (χ3n) is 14.0. The molecule has 69 heavy (non-hydrogen) atoms. The number of aliphatic imine (C=N–C) groups is 1. The highest BCUT2D eigenvalue weighted by Crippen LogP contribution is 2.61. The van der Waals surface area contributed by atoms with Crippen LogP contribution in [0.1, 0.15) is 78.1 Å². The number of aliphatic hydroxyl groups is 2. The number of hydrogen-bond donors (Lipinski definition) is 4. The van der Waals surface area contributed by atoms with Crippen molar-refractivity contribution in [3.8, 4) is 28.7 Å². The van der Waals surface area contributed by atoms with Crippen LogP contribution in [0.3, 0.4) is 0 Å². The lowest BCUT2D eigenvalue weighted by atomic mass is 9.55. The molecule has 3 aromatic heterocycles. The Bertz CT molecular complexity index is 3040. The highest BCUT2D eigenvalue weighted by molar-refractivity contribution is 7.84. The number of H-pyrrole nitrogens is 1. The monoisotopic (exact) mass is 979 g/mol. The van der Waals surface area contributed by atoms with E-state index >= 15 is 0 Å². The number of nitrogens with one attached hydrogen (secondary N) is 1. The Morgan fingerprint density at radius 1 is 0.986 bits per heavy atom. The number of ether oxygens (including phenoxy) is 3. The van der Waals surface area contributed by atoms with Crippen molar-refractivity contribution < 1.29 is 42.5 Å². The number of benzene rings is 4. The van der Waals surface area contributed by atoms with Crippen LogP contribution in [-0.4, -0.2) is 88.0 Å². The summed E-state index contributed by atoms with van der Waals surface area (Å²) in [5.74, 6) is 4.47. The van der Waals surface area contributed by atoms with E-state index in [9.17, 15) is 28.3 Å². The van der Waals surface area contributed by atoms with E-state index in [1.165, 1.54) is 49.7 Å². The largest absolute Gasteiger partial charge is 0.508 e. The molecule has 0 radical (unpaired) electrons. The fourth-order valence-corrected chi connectivity index (χ4v) is 11.9. The number of phenols is 1. The molecule has 1 unspecified atom stereocenters. The van der Waals surface area contributed by atoms with Gasteiger partial charge in [0.2, 0.25) is 0 Å². The second kappa shape index (κ2) is 20.0. The standard InChI is InChI=1S/C18H24O3.C17H13ClN4.C16H15F2N3O4S/c1-18-7-6-13-12-5-3-11(19)8-10(12)2-4-14(13)15(18)9-16(20)17(18)21;1-11-20-21-16-10-19-17(12-5-3-2-4-6-12)14-9-13(18)7-8-15(14)22(11)16;1-23-13-5-6-19-12(14(13)24-2)8-26(22)16-20-10-4-3-9(25-15(17)18)7-11(10)21-16/h3,5,8,13-17,19-21H,2,4,6-7,9H2,1H3;2-9H,10H2,1H3;3-7,15H,8H2,1-2H3,(H,20,21)/t13-,14-,15+,16-,17+,18+;;/m1../s1. The molecule has 7 aromatic rings. The number of imidazole rings is 1. The number of pyridine rings is 1. The van der Waals surface area contributed by atoms with Gasteiger partial charge in [0.1, 0.15) is 23.9 Å². The maximum absolute atomic E-state index is 12.6. The van der Waals surface area contributed by atoms with Gasteiger partial charge in [-0.2, -0.15) is 8.78 Å². The molecule has 0 spiro atoms. The molecule has 7 atom stereocenters. The molecule has 3 aliphatic carbocycles. The molecule has 1 aliphatic heterocycles. The molecule has 4 N–H and O–H groups in total. The van der Waals surface area contributed by atoms with Crippen LogP contribution < -0.4 is 14.2 Å². The number of fused-ring (bicyclic) bond motifs is 9. The third kappa shape index (κ3) is 9.57. The Balaban J connectivity index is 0.000000130. The smallest absolute Gasteiger partial charge is 0.387 e. The normalized spacial score (nSPS) is 22.5. The van der Waals surface area contributed by atoms with Crippen LogP contribution in [-0.2, 0) is 29.5 Å². The SMILES string of the molecule is COc1ccnc(CS(=O)c2nc3ccc(OC(F)F)cc3[nH]2)c1OC.C[C@]12CC[C@@H]3c4ccc(O)cc4CC[C@H]3[C@@H]1C[C@@H](O)[C@@H]2O.Cc1nnc2n1-c1ccc(Cl)cc1C(c1ccccc1)=NC2. The molecule has 2 fully saturated rings. The second-order valence-corrected chi connectivity index (χ2v) is 19.7. The van der Waals surface area contributed by atoms with E-state index in [0.29, 0.717) is 63.3 Å². The van der Waals surface area contributed by atoms with E-state index < -0.39 is 29.6 Å². The van der Waals surface area contributed by atoms with Gasteiger partial charge in [-0.15, -0.1) is 10.2 Å². The van der Waals surface area contributed by atoms with Crippen molar-refractivity contribution in [3.63, 3.8) is 0 Å². The number of aromatic nitrogens is 6. The summed E-state index contributed by atoms with van der Waals surface area (Å²) in [6, 6.07) is 27.7. The average Bonchev–Trinajstić information content (AvgIpc) is 3.97. The van der Waals surface area contributed by atoms with Crippen molar-refractivity contribution >= 4 is 39.1 Å². The summed E-state index contributed by atoms with van der Waals surface area (Å²) < 4.78 is 54.1. The van der Waals surface area contributed by atoms with E-state index in [0.717, 1.165) is 66.3 Å². The minimum Gasteiger partial charge on any atom is -0.508 e. The number of halogens is 3. The minimum atomic E-state index is -2.92. The Hall–Kier alpha value is -6.27. The molecule has 0 saturated heterocycles.